The highest BCUT2D eigenvalue weighted by Gasteiger charge is 2.29. The van der Waals surface area contributed by atoms with Crippen LogP contribution in [0.3, 0.4) is 0 Å². The smallest absolute Gasteiger partial charge is 0.260 e. The summed E-state index contributed by atoms with van der Waals surface area (Å²) < 4.78 is 30.7. The average molecular weight is 231 g/mol. The van der Waals surface area contributed by atoms with Crippen LogP contribution in [0.1, 0.15) is 6.92 Å². The number of nitrogens with one attached hydrogen (secondary N) is 1. The van der Waals surface area contributed by atoms with Crippen molar-refractivity contribution < 1.29 is 13.2 Å². The van der Waals surface area contributed by atoms with Gasteiger partial charge in [-0.2, -0.15) is 9.40 Å². The van der Waals surface area contributed by atoms with Crippen molar-refractivity contribution in [1.82, 2.24) is 14.5 Å². The zero-order valence-corrected chi connectivity index (χ0v) is 9.20. The molecule has 0 bridgehead atoms. The molecule has 1 aromatic heterocycles. The summed E-state index contributed by atoms with van der Waals surface area (Å²) in [6.07, 6.45) is 1.37. The second-order valence-corrected chi connectivity index (χ2v) is 5.37. The van der Waals surface area contributed by atoms with Crippen LogP contribution in [0.25, 0.3) is 0 Å². The molecule has 7 heteroatoms. The third-order valence-corrected chi connectivity index (χ3v) is 4.09. The molecule has 0 radical (unpaired) electrons. The van der Waals surface area contributed by atoms with Crippen molar-refractivity contribution in [2.45, 2.75) is 18.1 Å². The van der Waals surface area contributed by atoms with Crippen LogP contribution in [0.15, 0.2) is 17.3 Å². The number of aromatic amines is 1. The SMILES string of the molecule is CC1CN(S(=O)(=O)c2ccn[nH]2)CCO1. The fourth-order valence-corrected chi connectivity index (χ4v) is 2.93. The van der Waals surface area contributed by atoms with Crippen molar-refractivity contribution >= 4 is 10.0 Å². The fraction of sp³-hybridized carbons (Fsp3) is 0.625. The summed E-state index contributed by atoms with van der Waals surface area (Å²) >= 11 is 0. The Hall–Kier alpha value is -0.920. The first-order chi connectivity index (χ1) is 7.10. The molecule has 1 unspecified atom stereocenters. The quantitative estimate of drug-likeness (QED) is 0.766. The van der Waals surface area contributed by atoms with Crippen LogP contribution in [0.2, 0.25) is 0 Å². The molecular weight excluding hydrogens is 218 g/mol. The lowest BCUT2D eigenvalue weighted by atomic mass is 10.3. The number of ether oxygens (including phenoxy) is 1. The molecule has 6 nitrogen and oxygen atoms in total. The second kappa shape index (κ2) is 3.92. The van der Waals surface area contributed by atoms with Gasteiger partial charge in [-0.05, 0) is 13.0 Å². The molecular formula is C8H13N3O3S. The molecule has 2 heterocycles. The van der Waals surface area contributed by atoms with Gasteiger partial charge < -0.3 is 4.74 Å². The number of H-pyrrole nitrogens is 1. The van der Waals surface area contributed by atoms with Crippen LogP contribution in [0.4, 0.5) is 0 Å². The molecule has 2 rings (SSSR count). The second-order valence-electron chi connectivity index (χ2n) is 3.47. The van der Waals surface area contributed by atoms with E-state index in [4.69, 9.17) is 4.74 Å². The van der Waals surface area contributed by atoms with E-state index < -0.39 is 10.0 Å². The number of rotatable bonds is 2. The Morgan fingerprint density at radius 3 is 3.07 bits per heavy atom. The Labute approximate surface area is 88.3 Å². The van der Waals surface area contributed by atoms with Crippen molar-refractivity contribution in [3.63, 3.8) is 0 Å². The first-order valence-corrected chi connectivity index (χ1v) is 6.16. The maximum Gasteiger partial charge on any atom is 0.260 e. The van der Waals surface area contributed by atoms with Crippen molar-refractivity contribution in [3.8, 4) is 0 Å². The molecule has 1 N–H and O–H groups in total. The number of aromatic nitrogens is 2. The first kappa shape index (κ1) is 10.6. The highest BCUT2D eigenvalue weighted by molar-refractivity contribution is 7.89. The molecule has 1 aromatic rings. The van der Waals surface area contributed by atoms with E-state index in [2.05, 4.69) is 10.2 Å². The van der Waals surface area contributed by atoms with E-state index in [-0.39, 0.29) is 11.1 Å². The van der Waals surface area contributed by atoms with Gasteiger partial charge in [-0.25, -0.2) is 8.42 Å². The van der Waals surface area contributed by atoms with Gasteiger partial charge in [0, 0.05) is 13.1 Å². The Balaban J connectivity index is 2.22. The van der Waals surface area contributed by atoms with Crippen LogP contribution >= 0.6 is 0 Å². The third kappa shape index (κ3) is 2.04. The average Bonchev–Trinajstić information content (AvgIpc) is 2.71. The summed E-state index contributed by atoms with van der Waals surface area (Å²) in [4.78, 5) is 0. The van der Waals surface area contributed by atoms with Gasteiger partial charge in [0.05, 0.1) is 18.9 Å². The lowest BCUT2D eigenvalue weighted by Crippen LogP contribution is -2.44. The van der Waals surface area contributed by atoms with Crippen LogP contribution in [-0.2, 0) is 14.8 Å². The highest BCUT2D eigenvalue weighted by Crippen LogP contribution is 2.15. The molecule has 84 valence electrons. The van der Waals surface area contributed by atoms with E-state index in [0.717, 1.165) is 0 Å². The van der Waals surface area contributed by atoms with Gasteiger partial charge in [-0.1, -0.05) is 0 Å². The van der Waals surface area contributed by atoms with E-state index >= 15 is 0 Å². The Bertz CT molecular complexity index is 414. The van der Waals surface area contributed by atoms with Gasteiger partial charge in [0.2, 0.25) is 0 Å². The van der Waals surface area contributed by atoms with Gasteiger partial charge >= 0.3 is 0 Å². The summed E-state index contributed by atoms with van der Waals surface area (Å²) in [7, 11) is -3.42. The lowest BCUT2D eigenvalue weighted by Gasteiger charge is -2.29. The molecule has 1 saturated heterocycles. The minimum atomic E-state index is -3.42. The molecule has 0 spiro atoms. The lowest BCUT2D eigenvalue weighted by molar-refractivity contribution is 0.0101. The van der Waals surface area contributed by atoms with Gasteiger partial charge in [-0.15, -0.1) is 0 Å². The van der Waals surface area contributed by atoms with Gasteiger partial charge in [0.25, 0.3) is 10.0 Å². The molecule has 0 amide bonds. The van der Waals surface area contributed by atoms with E-state index in [0.29, 0.717) is 19.7 Å². The first-order valence-electron chi connectivity index (χ1n) is 4.72. The van der Waals surface area contributed by atoms with E-state index in [1.165, 1.54) is 16.6 Å². The molecule has 1 aliphatic rings. The number of sulfonamides is 1. The number of hydrogen-bond donors (Lipinski definition) is 1. The van der Waals surface area contributed by atoms with Crippen molar-refractivity contribution in [3.05, 3.63) is 12.3 Å². The van der Waals surface area contributed by atoms with Gasteiger partial charge in [-0.3, -0.25) is 5.10 Å². The zero-order valence-electron chi connectivity index (χ0n) is 8.38. The molecule has 0 aromatic carbocycles. The minimum Gasteiger partial charge on any atom is -0.376 e. The van der Waals surface area contributed by atoms with Crippen molar-refractivity contribution in [1.29, 1.82) is 0 Å². The molecule has 0 saturated carbocycles. The topological polar surface area (TPSA) is 75.3 Å². The summed E-state index contributed by atoms with van der Waals surface area (Å²) in [6, 6.07) is 1.45. The normalized spacial score (nSPS) is 24.2. The summed E-state index contributed by atoms with van der Waals surface area (Å²) in [6.45, 7) is 3.08. The summed E-state index contributed by atoms with van der Waals surface area (Å²) in [5.74, 6) is 0. The number of hydrogen-bond acceptors (Lipinski definition) is 4. The van der Waals surface area contributed by atoms with Crippen LogP contribution in [-0.4, -0.2) is 48.7 Å². The summed E-state index contributed by atoms with van der Waals surface area (Å²) in [5, 5.41) is 6.25. The number of morpholine rings is 1. The van der Waals surface area contributed by atoms with Crippen LogP contribution in [0, 0.1) is 0 Å². The van der Waals surface area contributed by atoms with E-state index in [9.17, 15) is 8.42 Å². The Kier molecular flexibility index (Phi) is 2.76. The highest BCUT2D eigenvalue weighted by atomic mass is 32.2. The fourth-order valence-electron chi connectivity index (χ4n) is 1.53. The van der Waals surface area contributed by atoms with Crippen molar-refractivity contribution in [2.75, 3.05) is 19.7 Å². The van der Waals surface area contributed by atoms with Gasteiger partial charge in [0.1, 0.15) is 0 Å². The minimum absolute atomic E-state index is 0.0588. The molecule has 1 atom stereocenters. The molecule has 1 fully saturated rings. The maximum absolute atomic E-state index is 12.0. The van der Waals surface area contributed by atoms with Gasteiger partial charge in [0.15, 0.2) is 5.03 Å². The molecule has 1 aliphatic heterocycles. The largest absolute Gasteiger partial charge is 0.376 e. The Morgan fingerprint density at radius 1 is 1.67 bits per heavy atom. The van der Waals surface area contributed by atoms with Crippen molar-refractivity contribution in [2.24, 2.45) is 0 Å². The Morgan fingerprint density at radius 2 is 2.47 bits per heavy atom. The monoisotopic (exact) mass is 231 g/mol. The molecule has 15 heavy (non-hydrogen) atoms. The third-order valence-electron chi connectivity index (χ3n) is 2.30. The summed E-state index contributed by atoms with van der Waals surface area (Å²) in [5.41, 5.74) is 0. The standard InChI is InChI=1S/C8H13N3O3S/c1-7-6-11(4-5-14-7)15(12,13)8-2-3-9-10-8/h2-3,7H,4-6H2,1H3,(H,9,10). The molecule has 0 aliphatic carbocycles. The predicted octanol–water partition coefficient (Wildman–Crippen LogP) is -0.181. The van der Waals surface area contributed by atoms with E-state index in [1.54, 1.807) is 0 Å². The van der Waals surface area contributed by atoms with Crippen LogP contribution in [0.5, 0.6) is 0 Å². The maximum atomic E-state index is 12.0. The predicted molar refractivity (Wildman–Crippen MR) is 52.8 cm³/mol. The zero-order chi connectivity index (χ0) is 10.9. The van der Waals surface area contributed by atoms with Crippen LogP contribution < -0.4 is 0 Å². The number of nitrogens with zero attached hydrogens (tertiary/aromatic N) is 2. The van der Waals surface area contributed by atoms with E-state index in [1.807, 2.05) is 6.92 Å².